The van der Waals surface area contributed by atoms with Gasteiger partial charge >= 0.3 is 0 Å². The Labute approximate surface area is 153 Å². The average Bonchev–Trinajstić information content (AvgIpc) is 3.12. The maximum atomic E-state index is 12.5. The third-order valence-electron chi connectivity index (χ3n) is 4.10. The van der Waals surface area contributed by atoms with Crippen molar-refractivity contribution in [3.05, 3.63) is 45.2 Å². The largest absolute Gasteiger partial charge is 0.356 e. The van der Waals surface area contributed by atoms with Crippen molar-refractivity contribution in [1.82, 2.24) is 20.3 Å². The smallest absolute Gasteiger partial charge is 0.268 e. The lowest BCUT2D eigenvalue weighted by Gasteiger charge is -2.10. The summed E-state index contributed by atoms with van der Waals surface area (Å²) in [6.07, 6.45) is 2.00. The van der Waals surface area contributed by atoms with Crippen LogP contribution in [0.2, 0.25) is 0 Å². The number of hydrogen-bond donors (Lipinski definition) is 1. The van der Waals surface area contributed by atoms with E-state index < -0.39 is 0 Å². The molecule has 7 nitrogen and oxygen atoms in total. The van der Waals surface area contributed by atoms with Crippen LogP contribution in [0, 0.1) is 13.8 Å². The Morgan fingerprint density at radius 3 is 2.77 bits per heavy atom. The minimum Gasteiger partial charge on any atom is -0.356 e. The lowest BCUT2D eigenvalue weighted by molar-refractivity contribution is -0.122. The van der Waals surface area contributed by atoms with Gasteiger partial charge in [0.25, 0.3) is 5.56 Å². The van der Waals surface area contributed by atoms with E-state index in [1.807, 2.05) is 26.0 Å². The second kappa shape index (κ2) is 6.53. The van der Waals surface area contributed by atoms with Crippen LogP contribution in [0.25, 0.3) is 21.9 Å². The van der Waals surface area contributed by atoms with E-state index >= 15 is 0 Å². The SMILES string of the molecule is Cc1cc(-c2cc(=O)n(CC(=O)NC3CC3)nc2-c2ccc(C)s2)on1. The predicted molar refractivity (Wildman–Crippen MR) is 97.9 cm³/mol. The molecule has 0 aliphatic heterocycles. The second-order valence-corrected chi connectivity index (χ2v) is 7.78. The molecular weight excluding hydrogens is 352 g/mol. The predicted octanol–water partition coefficient (Wildman–Crippen LogP) is 2.52. The highest BCUT2D eigenvalue weighted by molar-refractivity contribution is 7.15. The van der Waals surface area contributed by atoms with E-state index in [2.05, 4.69) is 15.6 Å². The first-order valence-corrected chi connectivity index (χ1v) is 9.23. The van der Waals surface area contributed by atoms with Crippen LogP contribution in [0.4, 0.5) is 0 Å². The molecule has 1 aliphatic rings. The molecule has 1 saturated carbocycles. The van der Waals surface area contributed by atoms with Crippen LogP contribution in [0.15, 0.2) is 33.6 Å². The summed E-state index contributed by atoms with van der Waals surface area (Å²) in [5, 5.41) is 11.3. The zero-order chi connectivity index (χ0) is 18.3. The molecule has 0 unspecified atom stereocenters. The number of aromatic nitrogens is 3. The van der Waals surface area contributed by atoms with Crippen molar-refractivity contribution in [2.24, 2.45) is 0 Å². The molecule has 1 amide bonds. The molecule has 0 saturated heterocycles. The van der Waals surface area contributed by atoms with E-state index in [1.54, 1.807) is 17.4 Å². The zero-order valence-corrected chi connectivity index (χ0v) is 15.3. The molecule has 8 heteroatoms. The van der Waals surface area contributed by atoms with Crippen molar-refractivity contribution in [2.75, 3.05) is 0 Å². The summed E-state index contributed by atoms with van der Waals surface area (Å²) >= 11 is 1.57. The Kier molecular flexibility index (Phi) is 4.20. The zero-order valence-electron chi connectivity index (χ0n) is 14.5. The fourth-order valence-corrected chi connectivity index (χ4v) is 3.53. The van der Waals surface area contributed by atoms with Gasteiger partial charge in [-0.3, -0.25) is 9.59 Å². The van der Waals surface area contributed by atoms with Crippen molar-refractivity contribution in [3.63, 3.8) is 0 Å². The molecule has 3 aromatic rings. The highest BCUT2D eigenvalue weighted by Gasteiger charge is 2.24. The fourth-order valence-electron chi connectivity index (χ4n) is 2.66. The number of carbonyl (C=O) groups excluding carboxylic acids is 1. The highest BCUT2D eigenvalue weighted by Crippen LogP contribution is 2.33. The molecule has 26 heavy (non-hydrogen) atoms. The molecule has 1 N–H and O–H groups in total. The van der Waals surface area contributed by atoms with Gasteiger partial charge in [-0.25, -0.2) is 4.68 Å². The first-order chi connectivity index (χ1) is 12.5. The summed E-state index contributed by atoms with van der Waals surface area (Å²) < 4.78 is 6.55. The number of amides is 1. The summed E-state index contributed by atoms with van der Waals surface area (Å²) in [6, 6.07) is 7.42. The number of nitrogens with one attached hydrogen (secondary N) is 1. The van der Waals surface area contributed by atoms with Crippen molar-refractivity contribution in [2.45, 2.75) is 39.3 Å². The molecule has 1 aliphatic carbocycles. The molecule has 3 aromatic heterocycles. The van der Waals surface area contributed by atoms with Crippen LogP contribution in [0.1, 0.15) is 23.4 Å². The summed E-state index contributed by atoms with van der Waals surface area (Å²) in [5.74, 6) is 0.293. The van der Waals surface area contributed by atoms with Crippen molar-refractivity contribution < 1.29 is 9.32 Å². The van der Waals surface area contributed by atoms with Gasteiger partial charge in [0.05, 0.1) is 16.1 Å². The number of hydrogen-bond acceptors (Lipinski definition) is 6. The van der Waals surface area contributed by atoms with Gasteiger partial charge < -0.3 is 9.84 Å². The molecule has 4 rings (SSSR count). The minimum atomic E-state index is -0.350. The molecule has 0 atom stereocenters. The van der Waals surface area contributed by atoms with Gasteiger partial charge in [0.15, 0.2) is 5.76 Å². The first kappa shape index (κ1) is 16.7. The monoisotopic (exact) mass is 370 g/mol. The Morgan fingerprint density at radius 2 is 2.15 bits per heavy atom. The fraction of sp³-hybridized carbons (Fsp3) is 0.333. The van der Waals surface area contributed by atoms with Crippen molar-refractivity contribution >= 4 is 17.2 Å². The standard InChI is InChI=1S/C18H18N4O3S/c1-10-7-14(25-21-10)13-8-17(24)22(9-16(23)19-12-4-5-12)20-18(13)15-6-3-11(2)26-15/h3,6-8,12H,4-5,9H2,1-2H3,(H,19,23). The van der Waals surface area contributed by atoms with Crippen LogP contribution in [0.3, 0.4) is 0 Å². The second-order valence-electron chi connectivity index (χ2n) is 6.49. The van der Waals surface area contributed by atoms with Gasteiger partial charge in [-0.2, -0.15) is 5.10 Å². The van der Waals surface area contributed by atoms with Gasteiger partial charge in [-0.15, -0.1) is 11.3 Å². The molecule has 134 valence electrons. The lowest BCUT2D eigenvalue weighted by atomic mass is 10.1. The van der Waals surface area contributed by atoms with Crippen LogP contribution in [0.5, 0.6) is 0 Å². The number of thiophene rings is 1. The van der Waals surface area contributed by atoms with E-state index in [4.69, 9.17) is 4.52 Å². The van der Waals surface area contributed by atoms with Gasteiger partial charge in [-0.1, -0.05) is 5.16 Å². The van der Waals surface area contributed by atoms with E-state index in [1.165, 1.54) is 10.7 Å². The Hall–Kier alpha value is -2.74. The average molecular weight is 370 g/mol. The van der Waals surface area contributed by atoms with Crippen molar-refractivity contribution in [3.8, 4) is 21.9 Å². The quantitative estimate of drug-likeness (QED) is 0.745. The summed E-state index contributed by atoms with van der Waals surface area (Å²) in [5.41, 5.74) is 1.56. The van der Waals surface area contributed by atoms with Gasteiger partial charge in [0, 0.05) is 23.1 Å². The van der Waals surface area contributed by atoms with E-state index in [9.17, 15) is 9.59 Å². The molecule has 0 spiro atoms. The van der Waals surface area contributed by atoms with Gasteiger partial charge in [-0.05, 0) is 38.8 Å². The molecule has 0 bridgehead atoms. The summed E-state index contributed by atoms with van der Waals surface area (Å²) in [4.78, 5) is 26.6. The number of nitrogens with zero attached hydrogens (tertiary/aromatic N) is 3. The maximum Gasteiger partial charge on any atom is 0.268 e. The van der Waals surface area contributed by atoms with Crippen LogP contribution in [-0.4, -0.2) is 26.9 Å². The number of carbonyl (C=O) groups is 1. The van der Waals surface area contributed by atoms with Crippen LogP contribution >= 0.6 is 11.3 Å². The molecule has 0 radical (unpaired) electrons. The molecule has 1 fully saturated rings. The Bertz CT molecular complexity index is 1030. The third kappa shape index (κ3) is 3.45. The Morgan fingerprint density at radius 1 is 1.35 bits per heavy atom. The normalized spacial score (nSPS) is 13.8. The number of rotatable bonds is 5. The molecular formula is C18H18N4O3S. The van der Waals surface area contributed by atoms with E-state index in [-0.39, 0.29) is 24.1 Å². The summed E-state index contributed by atoms with van der Waals surface area (Å²) in [7, 11) is 0. The molecule has 3 heterocycles. The summed E-state index contributed by atoms with van der Waals surface area (Å²) in [6.45, 7) is 3.73. The first-order valence-electron chi connectivity index (χ1n) is 8.41. The van der Waals surface area contributed by atoms with E-state index in [0.29, 0.717) is 17.0 Å². The minimum absolute atomic E-state index is 0.0948. The lowest BCUT2D eigenvalue weighted by Crippen LogP contribution is -2.34. The van der Waals surface area contributed by atoms with Gasteiger partial charge in [0.1, 0.15) is 12.2 Å². The Balaban J connectivity index is 1.77. The maximum absolute atomic E-state index is 12.5. The van der Waals surface area contributed by atoms with Crippen LogP contribution in [-0.2, 0) is 11.3 Å². The van der Waals surface area contributed by atoms with E-state index in [0.717, 1.165) is 28.3 Å². The van der Waals surface area contributed by atoms with Crippen molar-refractivity contribution in [1.29, 1.82) is 0 Å². The van der Waals surface area contributed by atoms with Gasteiger partial charge in [0.2, 0.25) is 5.91 Å². The topological polar surface area (TPSA) is 90.0 Å². The van der Waals surface area contributed by atoms with Crippen LogP contribution < -0.4 is 10.9 Å². The number of aryl methyl sites for hydroxylation is 2. The highest BCUT2D eigenvalue weighted by atomic mass is 32.1. The third-order valence-corrected chi connectivity index (χ3v) is 5.11. The molecule has 0 aromatic carbocycles.